The zero-order chi connectivity index (χ0) is 14.5. The number of carbonyl (C=O) groups excluding carboxylic acids is 1. The van der Waals surface area contributed by atoms with Gasteiger partial charge in [0.2, 0.25) is 0 Å². The Morgan fingerprint density at radius 1 is 1.25 bits per heavy atom. The fraction of sp³-hybridized carbons (Fsp3) is 0.471. The molecular weight excluding hydrogens is 250 g/mol. The number of benzene rings is 1. The van der Waals surface area contributed by atoms with Crippen molar-refractivity contribution in [2.45, 2.75) is 33.6 Å². The minimum absolute atomic E-state index is 0.137. The minimum Gasteiger partial charge on any atom is -0.477 e. The second-order valence-electron chi connectivity index (χ2n) is 5.71. The molecule has 0 N–H and O–H groups in total. The molecule has 0 aromatic heterocycles. The van der Waals surface area contributed by atoms with Crippen LogP contribution in [0.15, 0.2) is 41.7 Å². The Bertz CT molecular complexity index is 491. The van der Waals surface area contributed by atoms with Gasteiger partial charge in [-0.05, 0) is 31.2 Å². The summed E-state index contributed by atoms with van der Waals surface area (Å²) in [7, 11) is 0. The summed E-state index contributed by atoms with van der Waals surface area (Å²) in [5.74, 6) is 1.39. The molecule has 2 rings (SSSR count). The highest BCUT2D eigenvalue weighted by Crippen LogP contribution is 2.23. The molecule has 1 heterocycles. The molecule has 0 radical (unpaired) electrons. The number of rotatable bonds is 5. The molecule has 1 aliphatic rings. The zero-order valence-electron chi connectivity index (χ0n) is 12.6. The van der Waals surface area contributed by atoms with Gasteiger partial charge in [-0.25, -0.2) is 0 Å². The molecule has 0 aliphatic carbocycles. The average molecular weight is 273 g/mol. The first kappa shape index (κ1) is 14.6. The second kappa shape index (κ2) is 6.60. The zero-order valence-corrected chi connectivity index (χ0v) is 12.6. The highest BCUT2D eigenvalue weighted by atomic mass is 16.5. The fourth-order valence-electron chi connectivity index (χ4n) is 2.38. The molecule has 108 valence electrons. The summed E-state index contributed by atoms with van der Waals surface area (Å²) in [5.41, 5.74) is 2.08. The van der Waals surface area contributed by atoms with Crippen molar-refractivity contribution >= 4 is 5.91 Å². The van der Waals surface area contributed by atoms with Gasteiger partial charge < -0.3 is 9.64 Å². The molecule has 0 bridgehead atoms. The van der Waals surface area contributed by atoms with Crippen LogP contribution in [0, 0.1) is 5.92 Å². The summed E-state index contributed by atoms with van der Waals surface area (Å²) in [6.45, 7) is 7.22. The van der Waals surface area contributed by atoms with Gasteiger partial charge in [0.1, 0.15) is 5.76 Å². The van der Waals surface area contributed by atoms with Crippen molar-refractivity contribution in [1.82, 2.24) is 4.90 Å². The molecule has 0 atom stereocenters. The van der Waals surface area contributed by atoms with Gasteiger partial charge in [-0.3, -0.25) is 4.79 Å². The lowest BCUT2D eigenvalue weighted by Crippen LogP contribution is -2.39. The summed E-state index contributed by atoms with van der Waals surface area (Å²) < 4.78 is 5.65. The smallest absolute Gasteiger partial charge is 0.255 e. The van der Waals surface area contributed by atoms with E-state index in [2.05, 4.69) is 26.0 Å². The van der Waals surface area contributed by atoms with E-state index in [1.807, 2.05) is 25.1 Å². The molecule has 0 saturated carbocycles. The van der Waals surface area contributed by atoms with Crippen LogP contribution in [0.25, 0.3) is 0 Å². The molecule has 1 aromatic carbocycles. The lowest BCUT2D eigenvalue weighted by atomic mass is 10.00. The number of hydrogen-bond donors (Lipinski definition) is 0. The molecule has 0 fully saturated rings. The number of carbonyl (C=O) groups is 1. The predicted octanol–water partition coefficient (Wildman–Crippen LogP) is 3.37. The maximum absolute atomic E-state index is 12.5. The van der Waals surface area contributed by atoms with E-state index in [4.69, 9.17) is 4.74 Å². The first-order valence-electron chi connectivity index (χ1n) is 7.23. The van der Waals surface area contributed by atoms with Crippen LogP contribution >= 0.6 is 0 Å². The lowest BCUT2D eigenvalue weighted by Gasteiger charge is -2.30. The van der Waals surface area contributed by atoms with E-state index >= 15 is 0 Å². The van der Waals surface area contributed by atoms with Gasteiger partial charge in [0, 0.05) is 6.54 Å². The van der Waals surface area contributed by atoms with Crippen molar-refractivity contribution < 1.29 is 9.53 Å². The summed E-state index contributed by atoms with van der Waals surface area (Å²) in [4.78, 5) is 14.3. The summed E-state index contributed by atoms with van der Waals surface area (Å²) in [6, 6.07) is 10.2. The van der Waals surface area contributed by atoms with Gasteiger partial charge >= 0.3 is 0 Å². The molecule has 3 heteroatoms. The highest BCUT2D eigenvalue weighted by Gasteiger charge is 2.26. The van der Waals surface area contributed by atoms with Crippen molar-refractivity contribution in [3.8, 4) is 0 Å². The van der Waals surface area contributed by atoms with Crippen LogP contribution in [-0.2, 0) is 16.0 Å². The number of ether oxygens (including phenoxy) is 1. The quantitative estimate of drug-likeness (QED) is 0.823. The monoisotopic (exact) mass is 273 g/mol. The topological polar surface area (TPSA) is 29.5 Å². The minimum atomic E-state index is 0.137. The Hall–Kier alpha value is -1.77. The van der Waals surface area contributed by atoms with Crippen molar-refractivity contribution in [1.29, 1.82) is 0 Å². The van der Waals surface area contributed by atoms with Gasteiger partial charge in [-0.1, -0.05) is 44.2 Å². The van der Waals surface area contributed by atoms with Crippen LogP contribution in [0.3, 0.4) is 0 Å². The first-order chi connectivity index (χ1) is 9.58. The Morgan fingerprint density at radius 3 is 2.60 bits per heavy atom. The largest absolute Gasteiger partial charge is 0.477 e. The van der Waals surface area contributed by atoms with Crippen LogP contribution in [-0.4, -0.2) is 24.1 Å². The third-order valence-electron chi connectivity index (χ3n) is 3.53. The van der Waals surface area contributed by atoms with E-state index in [1.165, 1.54) is 5.56 Å². The highest BCUT2D eigenvalue weighted by molar-refractivity contribution is 5.94. The fourth-order valence-corrected chi connectivity index (χ4v) is 2.38. The van der Waals surface area contributed by atoms with Gasteiger partial charge in [-0.15, -0.1) is 0 Å². The Balaban J connectivity index is 1.99. The van der Waals surface area contributed by atoms with E-state index in [1.54, 1.807) is 4.90 Å². The van der Waals surface area contributed by atoms with Gasteiger partial charge in [-0.2, -0.15) is 0 Å². The molecule has 3 nitrogen and oxygen atoms in total. The first-order valence-corrected chi connectivity index (χ1v) is 7.23. The molecule has 1 aromatic rings. The van der Waals surface area contributed by atoms with Crippen molar-refractivity contribution in [2.75, 3.05) is 13.3 Å². The number of hydrogen-bond acceptors (Lipinski definition) is 2. The third kappa shape index (κ3) is 3.62. The molecule has 1 amide bonds. The maximum atomic E-state index is 12.5. The lowest BCUT2D eigenvalue weighted by molar-refractivity contribution is -0.134. The number of allylic oxidation sites excluding steroid dienone is 1. The third-order valence-corrected chi connectivity index (χ3v) is 3.53. The van der Waals surface area contributed by atoms with E-state index in [0.717, 1.165) is 24.2 Å². The molecule has 20 heavy (non-hydrogen) atoms. The predicted molar refractivity (Wildman–Crippen MR) is 80.0 cm³/mol. The van der Waals surface area contributed by atoms with Gasteiger partial charge in [0.25, 0.3) is 5.91 Å². The van der Waals surface area contributed by atoms with Crippen molar-refractivity contribution in [3.63, 3.8) is 0 Å². The molecule has 0 spiro atoms. The number of amides is 1. The van der Waals surface area contributed by atoms with E-state index in [0.29, 0.717) is 19.2 Å². The van der Waals surface area contributed by atoms with Gasteiger partial charge in [0.15, 0.2) is 6.73 Å². The van der Waals surface area contributed by atoms with Crippen LogP contribution in [0.5, 0.6) is 0 Å². The van der Waals surface area contributed by atoms with E-state index in [9.17, 15) is 4.79 Å². The maximum Gasteiger partial charge on any atom is 0.255 e. The molecule has 0 unspecified atom stereocenters. The number of nitrogens with zero attached hydrogens (tertiary/aromatic N) is 1. The van der Waals surface area contributed by atoms with E-state index in [-0.39, 0.29) is 5.91 Å². The molecule has 1 aliphatic heterocycles. The summed E-state index contributed by atoms with van der Waals surface area (Å²) in [5, 5.41) is 0. The Kier molecular flexibility index (Phi) is 4.83. The van der Waals surface area contributed by atoms with Crippen LogP contribution in [0.2, 0.25) is 0 Å². The molecule has 0 saturated heterocycles. The SMILES string of the molecule is CC1=C(CC(C)C)C(=O)N(CCc2ccccc2)CO1. The Labute approximate surface area is 121 Å². The average Bonchev–Trinajstić information content (AvgIpc) is 2.43. The van der Waals surface area contributed by atoms with Crippen molar-refractivity contribution in [3.05, 3.63) is 47.2 Å². The molecular formula is C17H23NO2. The van der Waals surface area contributed by atoms with Crippen molar-refractivity contribution in [2.24, 2.45) is 5.92 Å². The normalized spacial score (nSPS) is 15.8. The Morgan fingerprint density at radius 2 is 1.95 bits per heavy atom. The summed E-state index contributed by atoms with van der Waals surface area (Å²) >= 11 is 0. The van der Waals surface area contributed by atoms with Crippen LogP contribution < -0.4 is 0 Å². The standard InChI is InChI=1S/C17H23NO2/c1-13(2)11-16-14(3)20-12-18(17(16)19)10-9-15-7-5-4-6-8-15/h4-8,13H,9-12H2,1-3H3. The van der Waals surface area contributed by atoms with Crippen LogP contribution in [0.1, 0.15) is 32.8 Å². The second-order valence-corrected chi connectivity index (χ2v) is 5.71. The van der Waals surface area contributed by atoms with Crippen LogP contribution in [0.4, 0.5) is 0 Å². The van der Waals surface area contributed by atoms with E-state index < -0.39 is 0 Å². The van der Waals surface area contributed by atoms with Gasteiger partial charge in [0.05, 0.1) is 5.57 Å². The summed E-state index contributed by atoms with van der Waals surface area (Å²) in [6.07, 6.45) is 1.65.